The minimum Gasteiger partial charge on any atom is -0.507 e. The van der Waals surface area contributed by atoms with E-state index in [9.17, 15) is 19.5 Å². The number of morpholine rings is 1. The van der Waals surface area contributed by atoms with Crippen LogP contribution < -0.4 is 10.6 Å². The molecule has 0 radical (unpaired) electrons. The third-order valence-electron chi connectivity index (χ3n) is 4.36. The Morgan fingerprint density at radius 1 is 1.03 bits per heavy atom. The highest BCUT2D eigenvalue weighted by atomic mass is 16.5. The Morgan fingerprint density at radius 2 is 1.76 bits per heavy atom. The first-order valence-corrected chi connectivity index (χ1v) is 9.03. The molecule has 1 heterocycles. The maximum absolute atomic E-state index is 12.6. The predicted octanol–water partition coefficient (Wildman–Crippen LogP) is 2.24. The van der Waals surface area contributed by atoms with Crippen molar-refractivity contribution in [3.8, 4) is 5.75 Å². The van der Waals surface area contributed by atoms with E-state index >= 15 is 0 Å². The summed E-state index contributed by atoms with van der Waals surface area (Å²) in [7, 11) is 0. The smallest absolute Gasteiger partial charge is 0.259 e. The molecule has 2 aromatic rings. The minimum atomic E-state index is -0.576. The lowest BCUT2D eigenvalue weighted by molar-refractivity contribution is -0.111. The van der Waals surface area contributed by atoms with Gasteiger partial charge in [0.25, 0.3) is 11.8 Å². The van der Waals surface area contributed by atoms with Crippen LogP contribution in [0, 0.1) is 0 Å². The number of aromatic hydroxyl groups is 1. The summed E-state index contributed by atoms with van der Waals surface area (Å²) in [4.78, 5) is 38.3. The van der Waals surface area contributed by atoms with Gasteiger partial charge in [0.05, 0.1) is 18.8 Å². The average Bonchev–Trinajstić information content (AvgIpc) is 2.75. The molecule has 2 aromatic carbocycles. The molecule has 8 nitrogen and oxygen atoms in total. The largest absolute Gasteiger partial charge is 0.507 e. The Bertz CT molecular complexity index is 951. The molecule has 0 aliphatic carbocycles. The van der Waals surface area contributed by atoms with E-state index in [2.05, 4.69) is 17.2 Å². The fourth-order valence-corrected chi connectivity index (χ4v) is 2.87. The number of phenols is 1. The van der Waals surface area contributed by atoms with Crippen molar-refractivity contribution in [2.45, 2.75) is 0 Å². The van der Waals surface area contributed by atoms with Gasteiger partial charge in [-0.3, -0.25) is 14.4 Å². The van der Waals surface area contributed by atoms with Crippen molar-refractivity contribution in [3.05, 3.63) is 66.2 Å². The second kappa shape index (κ2) is 9.03. The van der Waals surface area contributed by atoms with Crippen LogP contribution in [-0.2, 0) is 9.53 Å². The van der Waals surface area contributed by atoms with Crippen molar-refractivity contribution in [1.82, 2.24) is 4.90 Å². The molecule has 0 aromatic heterocycles. The van der Waals surface area contributed by atoms with Gasteiger partial charge in [0.2, 0.25) is 5.91 Å². The Morgan fingerprint density at radius 3 is 2.48 bits per heavy atom. The number of anilines is 2. The van der Waals surface area contributed by atoms with Gasteiger partial charge in [0, 0.05) is 30.0 Å². The summed E-state index contributed by atoms with van der Waals surface area (Å²) < 4.78 is 5.26. The first-order chi connectivity index (χ1) is 14.0. The molecular weight excluding hydrogens is 374 g/mol. The molecule has 3 N–H and O–H groups in total. The molecule has 8 heteroatoms. The fourth-order valence-electron chi connectivity index (χ4n) is 2.87. The number of phenolic OH excluding ortho intramolecular Hbond substituents is 1. The normalized spacial score (nSPS) is 13.4. The van der Waals surface area contributed by atoms with Gasteiger partial charge in [-0.05, 0) is 42.5 Å². The molecule has 1 fully saturated rings. The predicted molar refractivity (Wildman–Crippen MR) is 108 cm³/mol. The highest BCUT2D eigenvalue weighted by Gasteiger charge is 2.19. The monoisotopic (exact) mass is 395 g/mol. The van der Waals surface area contributed by atoms with Gasteiger partial charge in [-0.1, -0.05) is 12.6 Å². The third kappa shape index (κ3) is 4.99. The second-order valence-corrected chi connectivity index (χ2v) is 6.36. The molecule has 29 heavy (non-hydrogen) atoms. The van der Waals surface area contributed by atoms with Crippen LogP contribution in [0.3, 0.4) is 0 Å². The lowest BCUT2D eigenvalue weighted by atomic mass is 10.1. The molecule has 0 bridgehead atoms. The van der Waals surface area contributed by atoms with Crippen LogP contribution in [0.5, 0.6) is 5.75 Å². The minimum absolute atomic E-state index is 0.0169. The quantitative estimate of drug-likeness (QED) is 0.532. The molecule has 3 rings (SSSR count). The first kappa shape index (κ1) is 20.1. The van der Waals surface area contributed by atoms with Crippen LogP contribution in [0.4, 0.5) is 11.4 Å². The van der Waals surface area contributed by atoms with Crippen LogP contribution in [0.15, 0.2) is 55.1 Å². The number of carbonyl (C=O) groups excluding carboxylic acids is 3. The Labute approximate surface area is 167 Å². The number of ether oxygens (including phenoxy) is 1. The molecule has 0 spiro atoms. The number of hydrogen-bond donors (Lipinski definition) is 3. The van der Waals surface area contributed by atoms with E-state index in [1.54, 1.807) is 29.2 Å². The fraction of sp³-hybridized carbons (Fsp3) is 0.190. The summed E-state index contributed by atoms with van der Waals surface area (Å²) >= 11 is 0. The topological polar surface area (TPSA) is 108 Å². The zero-order valence-corrected chi connectivity index (χ0v) is 15.7. The van der Waals surface area contributed by atoms with Gasteiger partial charge in [0.15, 0.2) is 0 Å². The van der Waals surface area contributed by atoms with E-state index in [-0.39, 0.29) is 17.2 Å². The van der Waals surface area contributed by atoms with E-state index in [1.807, 2.05) is 0 Å². The van der Waals surface area contributed by atoms with E-state index < -0.39 is 11.8 Å². The Hall–Kier alpha value is -3.65. The van der Waals surface area contributed by atoms with Crippen molar-refractivity contribution >= 4 is 29.1 Å². The van der Waals surface area contributed by atoms with E-state index in [1.165, 1.54) is 18.2 Å². The van der Waals surface area contributed by atoms with Gasteiger partial charge < -0.3 is 25.4 Å². The number of amides is 3. The van der Waals surface area contributed by atoms with Crippen molar-refractivity contribution in [2.75, 3.05) is 36.9 Å². The summed E-state index contributed by atoms with van der Waals surface area (Å²) in [6, 6.07) is 10.7. The molecule has 3 amide bonds. The highest BCUT2D eigenvalue weighted by Crippen LogP contribution is 2.23. The van der Waals surface area contributed by atoms with Crippen LogP contribution in [0.25, 0.3) is 0 Å². The van der Waals surface area contributed by atoms with Crippen LogP contribution in [0.2, 0.25) is 0 Å². The highest BCUT2D eigenvalue weighted by molar-refractivity contribution is 6.08. The van der Waals surface area contributed by atoms with Gasteiger partial charge in [0.1, 0.15) is 5.75 Å². The van der Waals surface area contributed by atoms with Crippen LogP contribution in [-0.4, -0.2) is 54.0 Å². The number of nitrogens with zero attached hydrogens (tertiary/aromatic N) is 1. The SMILES string of the molecule is C=CC(=O)Nc1ccc(O)c(C(=O)Nc2cccc(C(=O)N3CCOCC3)c2)c1. The van der Waals surface area contributed by atoms with Gasteiger partial charge in [-0.25, -0.2) is 0 Å². The molecular formula is C21H21N3O5. The van der Waals surface area contributed by atoms with E-state index in [4.69, 9.17) is 4.74 Å². The zero-order valence-electron chi connectivity index (χ0n) is 15.7. The summed E-state index contributed by atoms with van der Waals surface area (Å²) in [5.74, 6) is -1.38. The maximum atomic E-state index is 12.6. The van der Waals surface area contributed by atoms with Gasteiger partial charge >= 0.3 is 0 Å². The summed E-state index contributed by atoms with van der Waals surface area (Å²) in [6.07, 6.45) is 1.10. The standard InChI is InChI=1S/C21H21N3O5/c1-2-19(26)22-16-6-7-18(25)17(13-16)20(27)23-15-5-3-4-14(12-15)21(28)24-8-10-29-11-9-24/h2-7,12-13,25H,1,8-11H2,(H,22,26)(H,23,27). The third-order valence-corrected chi connectivity index (χ3v) is 4.36. The van der Waals surface area contributed by atoms with Crippen LogP contribution >= 0.6 is 0 Å². The first-order valence-electron chi connectivity index (χ1n) is 9.03. The summed E-state index contributed by atoms with van der Waals surface area (Å²) in [6.45, 7) is 5.41. The molecule has 150 valence electrons. The number of benzene rings is 2. The molecule has 0 unspecified atom stereocenters. The number of hydrogen-bond acceptors (Lipinski definition) is 5. The lowest BCUT2D eigenvalue weighted by Crippen LogP contribution is -2.40. The van der Waals surface area contributed by atoms with Crippen molar-refractivity contribution < 1.29 is 24.2 Å². The van der Waals surface area contributed by atoms with E-state index in [0.717, 1.165) is 6.08 Å². The zero-order chi connectivity index (χ0) is 20.8. The molecule has 0 saturated carbocycles. The second-order valence-electron chi connectivity index (χ2n) is 6.36. The summed E-state index contributed by atoms with van der Waals surface area (Å²) in [5.41, 5.74) is 1.18. The van der Waals surface area contributed by atoms with Gasteiger partial charge in [-0.15, -0.1) is 0 Å². The van der Waals surface area contributed by atoms with Crippen LogP contribution in [0.1, 0.15) is 20.7 Å². The summed E-state index contributed by atoms with van der Waals surface area (Å²) in [5, 5.41) is 15.2. The lowest BCUT2D eigenvalue weighted by Gasteiger charge is -2.27. The molecule has 1 aliphatic heterocycles. The van der Waals surface area contributed by atoms with Crippen molar-refractivity contribution in [3.63, 3.8) is 0 Å². The number of carbonyl (C=O) groups is 3. The molecule has 1 saturated heterocycles. The van der Waals surface area contributed by atoms with Crippen molar-refractivity contribution in [2.24, 2.45) is 0 Å². The van der Waals surface area contributed by atoms with Crippen molar-refractivity contribution in [1.29, 1.82) is 0 Å². The molecule has 0 atom stereocenters. The van der Waals surface area contributed by atoms with E-state index in [0.29, 0.717) is 43.2 Å². The Balaban J connectivity index is 1.75. The molecule has 1 aliphatic rings. The van der Waals surface area contributed by atoms with Gasteiger partial charge in [-0.2, -0.15) is 0 Å². The Kier molecular flexibility index (Phi) is 6.25. The maximum Gasteiger partial charge on any atom is 0.259 e. The average molecular weight is 395 g/mol. The number of rotatable bonds is 5. The number of nitrogens with one attached hydrogen (secondary N) is 2.